The van der Waals surface area contributed by atoms with Crippen LogP contribution in [-0.4, -0.2) is 0 Å². The molecule has 0 radical (unpaired) electrons. The van der Waals surface area contributed by atoms with Gasteiger partial charge in [0.25, 0.3) is 0 Å². The summed E-state index contributed by atoms with van der Waals surface area (Å²) in [6, 6.07) is 14.8. The summed E-state index contributed by atoms with van der Waals surface area (Å²) in [5, 5.41) is 4.36. The second-order valence-corrected chi connectivity index (χ2v) is 7.07. The number of hydrogen-bond donors (Lipinski definition) is 1. The Morgan fingerprint density at radius 2 is 1.65 bits per heavy atom. The lowest BCUT2D eigenvalue weighted by Crippen LogP contribution is -2.22. The van der Waals surface area contributed by atoms with Crippen LogP contribution in [0.2, 0.25) is 5.02 Å². The highest BCUT2D eigenvalue weighted by Crippen LogP contribution is 2.28. The second-order valence-electron chi connectivity index (χ2n) is 4.83. The minimum absolute atomic E-state index is 0.185. The van der Waals surface area contributed by atoms with E-state index in [1.807, 2.05) is 18.2 Å². The van der Waals surface area contributed by atoms with Gasteiger partial charge in [0.15, 0.2) is 0 Å². The number of benzene rings is 2. The van der Waals surface area contributed by atoms with Crippen LogP contribution in [0, 0.1) is 0 Å². The lowest BCUT2D eigenvalue weighted by Gasteiger charge is -2.22. The SMILES string of the molecule is CC(N[C@H](C)c1cccc(Br)c1)c1ccc(Br)cc1Cl. The lowest BCUT2D eigenvalue weighted by atomic mass is 10.0. The van der Waals surface area contributed by atoms with Gasteiger partial charge in [-0.1, -0.05) is 61.7 Å². The first-order chi connectivity index (χ1) is 9.47. The fraction of sp³-hybridized carbons (Fsp3) is 0.250. The summed E-state index contributed by atoms with van der Waals surface area (Å²) < 4.78 is 2.09. The summed E-state index contributed by atoms with van der Waals surface area (Å²) in [5.74, 6) is 0. The molecule has 106 valence electrons. The average molecular weight is 418 g/mol. The molecule has 0 bridgehead atoms. The number of hydrogen-bond acceptors (Lipinski definition) is 1. The van der Waals surface area contributed by atoms with E-state index in [2.05, 4.69) is 75.3 Å². The Labute approximate surface area is 142 Å². The number of halogens is 3. The largest absolute Gasteiger partial charge is 0.304 e. The fourth-order valence-electron chi connectivity index (χ4n) is 2.19. The van der Waals surface area contributed by atoms with E-state index in [1.165, 1.54) is 5.56 Å². The van der Waals surface area contributed by atoms with Crippen LogP contribution in [0.4, 0.5) is 0 Å². The molecule has 1 nitrogen and oxygen atoms in total. The molecule has 0 saturated carbocycles. The first kappa shape index (κ1) is 16.0. The molecule has 0 amide bonds. The first-order valence-electron chi connectivity index (χ1n) is 6.44. The summed E-state index contributed by atoms with van der Waals surface area (Å²) in [6.45, 7) is 4.29. The van der Waals surface area contributed by atoms with Crippen LogP contribution < -0.4 is 5.32 Å². The van der Waals surface area contributed by atoms with Crippen LogP contribution >= 0.6 is 43.5 Å². The molecule has 2 rings (SSSR count). The Morgan fingerprint density at radius 3 is 2.30 bits per heavy atom. The Balaban J connectivity index is 2.12. The predicted octanol–water partition coefficient (Wildman–Crippen LogP) is 6.28. The van der Waals surface area contributed by atoms with E-state index in [-0.39, 0.29) is 12.1 Å². The molecular formula is C16H16Br2ClN. The molecule has 2 aromatic rings. The van der Waals surface area contributed by atoms with E-state index in [0.717, 1.165) is 19.5 Å². The van der Waals surface area contributed by atoms with Crippen molar-refractivity contribution in [3.63, 3.8) is 0 Å². The smallest absolute Gasteiger partial charge is 0.0464 e. The zero-order chi connectivity index (χ0) is 14.7. The molecule has 1 unspecified atom stereocenters. The molecule has 0 aromatic heterocycles. The van der Waals surface area contributed by atoms with E-state index in [0.29, 0.717) is 0 Å². The van der Waals surface area contributed by atoms with Crippen molar-refractivity contribution in [3.8, 4) is 0 Å². The van der Waals surface area contributed by atoms with Gasteiger partial charge in [0.05, 0.1) is 0 Å². The molecule has 4 heteroatoms. The van der Waals surface area contributed by atoms with Crippen molar-refractivity contribution in [1.29, 1.82) is 0 Å². The van der Waals surface area contributed by atoms with Gasteiger partial charge < -0.3 is 5.32 Å². The van der Waals surface area contributed by atoms with Gasteiger partial charge in [0, 0.05) is 26.1 Å². The van der Waals surface area contributed by atoms with Crippen molar-refractivity contribution in [2.75, 3.05) is 0 Å². The summed E-state index contributed by atoms with van der Waals surface area (Å²) in [7, 11) is 0. The summed E-state index contributed by atoms with van der Waals surface area (Å²) in [4.78, 5) is 0. The zero-order valence-electron chi connectivity index (χ0n) is 11.3. The Bertz CT molecular complexity index is 601. The minimum Gasteiger partial charge on any atom is -0.304 e. The third-order valence-corrected chi connectivity index (χ3v) is 4.59. The average Bonchev–Trinajstić information content (AvgIpc) is 2.38. The topological polar surface area (TPSA) is 12.0 Å². The van der Waals surface area contributed by atoms with Crippen molar-refractivity contribution in [1.82, 2.24) is 5.32 Å². The Kier molecular flexibility index (Phi) is 5.67. The van der Waals surface area contributed by atoms with Crippen LogP contribution in [0.25, 0.3) is 0 Å². The van der Waals surface area contributed by atoms with Crippen LogP contribution in [0.5, 0.6) is 0 Å². The predicted molar refractivity (Wildman–Crippen MR) is 93.3 cm³/mol. The van der Waals surface area contributed by atoms with Crippen LogP contribution in [0.1, 0.15) is 37.1 Å². The number of nitrogens with one attached hydrogen (secondary N) is 1. The van der Waals surface area contributed by atoms with Crippen molar-refractivity contribution in [2.24, 2.45) is 0 Å². The van der Waals surface area contributed by atoms with E-state index >= 15 is 0 Å². The van der Waals surface area contributed by atoms with E-state index < -0.39 is 0 Å². The standard InChI is InChI=1S/C16H16Br2ClN/c1-10(12-4-3-5-13(17)8-12)20-11(2)15-7-6-14(18)9-16(15)19/h3-11,20H,1-2H3/t10-,11?/m1/s1. The maximum absolute atomic E-state index is 6.30. The van der Waals surface area contributed by atoms with Gasteiger partial charge in [-0.05, 0) is 49.2 Å². The Morgan fingerprint density at radius 1 is 0.950 bits per heavy atom. The number of rotatable bonds is 4. The molecule has 2 atom stereocenters. The molecule has 0 spiro atoms. The molecule has 0 heterocycles. The lowest BCUT2D eigenvalue weighted by molar-refractivity contribution is 0.494. The molecule has 0 aliphatic heterocycles. The van der Waals surface area contributed by atoms with E-state index in [1.54, 1.807) is 0 Å². The van der Waals surface area contributed by atoms with Gasteiger partial charge in [-0.3, -0.25) is 0 Å². The minimum atomic E-state index is 0.185. The summed E-state index contributed by atoms with van der Waals surface area (Å²) >= 11 is 13.2. The van der Waals surface area contributed by atoms with Crippen LogP contribution in [0.3, 0.4) is 0 Å². The van der Waals surface area contributed by atoms with Gasteiger partial charge >= 0.3 is 0 Å². The van der Waals surface area contributed by atoms with Gasteiger partial charge in [0.1, 0.15) is 0 Å². The zero-order valence-corrected chi connectivity index (χ0v) is 15.3. The molecule has 20 heavy (non-hydrogen) atoms. The van der Waals surface area contributed by atoms with E-state index in [9.17, 15) is 0 Å². The van der Waals surface area contributed by atoms with Crippen molar-refractivity contribution in [3.05, 3.63) is 67.6 Å². The van der Waals surface area contributed by atoms with Gasteiger partial charge in [0.2, 0.25) is 0 Å². The Hall–Kier alpha value is -0.350. The quantitative estimate of drug-likeness (QED) is 0.618. The third kappa shape index (κ3) is 4.08. The molecule has 0 fully saturated rings. The maximum atomic E-state index is 6.30. The van der Waals surface area contributed by atoms with Crippen molar-refractivity contribution >= 4 is 43.5 Å². The molecule has 2 aromatic carbocycles. The highest BCUT2D eigenvalue weighted by atomic mass is 79.9. The molecule has 1 N–H and O–H groups in total. The normalized spacial score (nSPS) is 14.1. The van der Waals surface area contributed by atoms with Gasteiger partial charge in [-0.2, -0.15) is 0 Å². The highest BCUT2D eigenvalue weighted by Gasteiger charge is 2.14. The molecular weight excluding hydrogens is 401 g/mol. The molecule has 0 saturated heterocycles. The monoisotopic (exact) mass is 415 g/mol. The fourth-order valence-corrected chi connectivity index (χ4v) is 3.44. The molecule has 0 aliphatic carbocycles. The second kappa shape index (κ2) is 7.08. The van der Waals surface area contributed by atoms with Crippen LogP contribution in [0.15, 0.2) is 51.4 Å². The van der Waals surface area contributed by atoms with Crippen LogP contribution in [-0.2, 0) is 0 Å². The summed E-state index contributed by atoms with van der Waals surface area (Å²) in [6.07, 6.45) is 0. The van der Waals surface area contributed by atoms with Gasteiger partial charge in [-0.15, -0.1) is 0 Å². The van der Waals surface area contributed by atoms with Crippen molar-refractivity contribution in [2.45, 2.75) is 25.9 Å². The molecule has 0 aliphatic rings. The highest BCUT2D eigenvalue weighted by molar-refractivity contribution is 9.10. The maximum Gasteiger partial charge on any atom is 0.0464 e. The third-order valence-electron chi connectivity index (χ3n) is 3.28. The van der Waals surface area contributed by atoms with Crippen molar-refractivity contribution < 1.29 is 0 Å². The van der Waals surface area contributed by atoms with E-state index in [4.69, 9.17) is 11.6 Å². The van der Waals surface area contributed by atoms with Gasteiger partial charge in [-0.25, -0.2) is 0 Å². The summed E-state index contributed by atoms with van der Waals surface area (Å²) in [5.41, 5.74) is 2.36. The first-order valence-corrected chi connectivity index (χ1v) is 8.40.